The number of hydrogen-bond acceptors (Lipinski definition) is 4. The zero-order valence-electron chi connectivity index (χ0n) is 16.6. The summed E-state index contributed by atoms with van der Waals surface area (Å²) >= 11 is 6.51. The molecule has 0 aliphatic carbocycles. The zero-order chi connectivity index (χ0) is 20.9. The summed E-state index contributed by atoms with van der Waals surface area (Å²) in [4.78, 5) is 14.1. The second-order valence-electron chi connectivity index (χ2n) is 7.82. The molecule has 152 valence electrons. The number of imidazole rings is 1. The van der Waals surface area contributed by atoms with Crippen molar-refractivity contribution >= 4 is 11.6 Å². The minimum absolute atomic E-state index is 0.0583. The van der Waals surface area contributed by atoms with Crippen molar-refractivity contribution in [2.75, 3.05) is 0 Å². The van der Waals surface area contributed by atoms with Crippen molar-refractivity contribution in [3.8, 4) is 17.0 Å². The van der Waals surface area contributed by atoms with Gasteiger partial charge in [-0.3, -0.25) is 14.0 Å². The predicted molar refractivity (Wildman–Crippen MR) is 113 cm³/mol. The summed E-state index contributed by atoms with van der Waals surface area (Å²) < 4.78 is 2.67. The average molecular weight is 414 g/mol. The second-order valence-corrected chi connectivity index (χ2v) is 8.23. The number of rotatable bonds is 4. The van der Waals surface area contributed by atoms with Gasteiger partial charge in [0, 0.05) is 30.2 Å². The highest BCUT2D eigenvalue weighted by molar-refractivity contribution is 6.31. The van der Waals surface area contributed by atoms with E-state index in [-0.39, 0.29) is 17.6 Å². The molecule has 4 rings (SSSR count). The van der Waals surface area contributed by atoms with Crippen LogP contribution in [0.4, 0.5) is 0 Å². The highest BCUT2D eigenvalue weighted by atomic mass is 35.5. The number of fused-ring (bicyclic) bond motifs is 1. The van der Waals surface area contributed by atoms with Crippen LogP contribution in [0.1, 0.15) is 36.8 Å². The van der Waals surface area contributed by atoms with Crippen LogP contribution in [0, 0.1) is 0 Å². The number of aromatic hydroxyl groups is 1. The van der Waals surface area contributed by atoms with Crippen molar-refractivity contribution in [1.29, 1.82) is 0 Å². The van der Waals surface area contributed by atoms with E-state index in [9.17, 15) is 15.0 Å². The molecule has 3 aromatic rings. The molecular formula is C22H24ClN3O3. The van der Waals surface area contributed by atoms with Crippen LogP contribution in [0.15, 0.2) is 47.4 Å². The van der Waals surface area contributed by atoms with Crippen LogP contribution in [0.3, 0.4) is 0 Å². The lowest BCUT2D eigenvalue weighted by Gasteiger charge is -2.24. The molecule has 6 nitrogen and oxygen atoms in total. The van der Waals surface area contributed by atoms with E-state index >= 15 is 0 Å². The highest BCUT2D eigenvalue weighted by Gasteiger charge is 2.32. The molecule has 2 aromatic carbocycles. The highest BCUT2D eigenvalue weighted by Crippen LogP contribution is 2.40. The molecule has 1 unspecified atom stereocenters. The predicted octanol–water partition coefficient (Wildman–Crippen LogP) is 3.48. The number of aromatic nitrogens is 2. The minimum atomic E-state index is -0.672. The van der Waals surface area contributed by atoms with Gasteiger partial charge in [-0.2, -0.15) is 0 Å². The van der Waals surface area contributed by atoms with Gasteiger partial charge in [-0.25, -0.2) is 4.79 Å². The fourth-order valence-electron chi connectivity index (χ4n) is 3.86. The molecule has 0 saturated heterocycles. The Bertz CT molecular complexity index is 1120. The van der Waals surface area contributed by atoms with Gasteiger partial charge in [-0.1, -0.05) is 35.9 Å². The maximum Gasteiger partial charge on any atom is 0.331 e. The Balaban J connectivity index is 1.60. The van der Waals surface area contributed by atoms with Crippen LogP contribution in [-0.4, -0.2) is 30.3 Å². The molecule has 0 fully saturated rings. The summed E-state index contributed by atoms with van der Waals surface area (Å²) in [6.07, 6.45) is 0.761. The molecule has 2 N–H and O–H groups in total. The molecule has 0 spiro atoms. The van der Waals surface area contributed by atoms with E-state index in [0.717, 1.165) is 27.8 Å². The Morgan fingerprint density at radius 3 is 2.45 bits per heavy atom. The third-order valence-electron chi connectivity index (χ3n) is 5.59. The van der Waals surface area contributed by atoms with E-state index in [1.54, 1.807) is 0 Å². The number of aliphatic hydroxyl groups is 1. The molecule has 0 bridgehead atoms. The molecule has 0 saturated carbocycles. The summed E-state index contributed by atoms with van der Waals surface area (Å²) in [5.41, 5.74) is 4.54. The molecule has 0 radical (unpaired) electrons. The largest absolute Gasteiger partial charge is 0.493 e. The first-order valence-electron chi connectivity index (χ1n) is 9.57. The third kappa shape index (κ3) is 3.48. The van der Waals surface area contributed by atoms with Crippen LogP contribution < -0.4 is 5.69 Å². The van der Waals surface area contributed by atoms with Gasteiger partial charge in [0.25, 0.3) is 0 Å². The van der Waals surface area contributed by atoms with E-state index in [0.29, 0.717) is 18.1 Å². The summed E-state index contributed by atoms with van der Waals surface area (Å²) in [6.45, 7) is 5.16. The lowest BCUT2D eigenvalue weighted by molar-refractivity contribution is -0.00719. The molecule has 7 heteroatoms. The van der Waals surface area contributed by atoms with Crippen molar-refractivity contribution in [1.82, 2.24) is 14.0 Å². The molecule has 1 atom stereocenters. The van der Waals surface area contributed by atoms with Gasteiger partial charge in [0.1, 0.15) is 6.23 Å². The zero-order valence-corrected chi connectivity index (χ0v) is 17.4. The number of nitrogens with zero attached hydrogens (tertiary/aromatic N) is 3. The summed E-state index contributed by atoms with van der Waals surface area (Å²) in [7, 11) is 1.53. The Labute approximate surface area is 174 Å². The molecule has 0 amide bonds. The van der Waals surface area contributed by atoms with Gasteiger partial charge in [0.15, 0.2) is 0 Å². The fraction of sp³-hybridized carbons (Fsp3) is 0.318. The van der Waals surface area contributed by atoms with Crippen LogP contribution in [0.25, 0.3) is 11.1 Å². The van der Waals surface area contributed by atoms with Gasteiger partial charge in [0.2, 0.25) is 5.88 Å². The first-order chi connectivity index (χ1) is 13.8. The second kappa shape index (κ2) is 7.37. The van der Waals surface area contributed by atoms with E-state index in [1.165, 1.54) is 22.4 Å². The van der Waals surface area contributed by atoms with Crippen molar-refractivity contribution in [2.45, 2.75) is 39.2 Å². The van der Waals surface area contributed by atoms with Crippen LogP contribution >= 0.6 is 11.6 Å². The molecule has 1 aliphatic heterocycles. The molecule has 29 heavy (non-hydrogen) atoms. The SMILES string of the molecule is CC(C)N1Cc2cc(-c3ccc(Cn4cc(O)n(C)c4=O)cc3)cc(Cl)c2C1O. The van der Waals surface area contributed by atoms with Crippen molar-refractivity contribution in [3.63, 3.8) is 0 Å². The standard InChI is InChI=1S/C22H24ClN3O3/c1-13(2)26-11-17-8-16(9-18(23)20(17)21(26)28)15-6-4-14(5-7-15)10-25-12-19(27)24(3)22(25)29/h4-9,12-13,21,27-28H,10-11H2,1-3H3. The van der Waals surface area contributed by atoms with Crippen molar-refractivity contribution in [2.24, 2.45) is 7.05 Å². The minimum Gasteiger partial charge on any atom is -0.493 e. The first kappa shape index (κ1) is 19.8. The van der Waals surface area contributed by atoms with Gasteiger partial charge < -0.3 is 10.2 Å². The summed E-state index contributed by atoms with van der Waals surface area (Å²) in [5.74, 6) is -0.0583. The van der Waals surface area contributed by atoms with E-state index < -0.39 is 6.23 Å². The number of halogens is 1. The molecular weight excluding hydrogens is 390 g/mol. The lowest BCUT2D eigenvalue weighted by atomic mass is 9.99. The summed E-state index contributed by atoms with van der Waals surface area (Å²) in [6, 6.07) is 12.1. The van der Waals surface area contributed by atoms with E-state index in [4.69, 9.17) is 11.6 Å². The number of benzene rings is 2. The third-order valence-corrected chi connectivity index (χ3v) is 5.90. The molecule has 1 aromatic heterocycles. The monoisotopic (exact) mass is 413 g/mol. The van der Waals surface area contributed by atoms with Gasteiger partial charge in [-0.05, 0) is 48.2 Å². The van der Waals surface area contributed by atoms with Crippen LogP contribution in [0.5, 0.6) is 5.88 Å². The normalized spacial score (nSPS) is 16.6. The first-order valence-corrected chi connectivity index (χ1v) is 9.94. The lowest BCUT2D eigenvalue weighted by Crippen LogP contribution is -2.29. The van der Waals surface area contributed by atoms with Crippen molar-refractivity contribution in [3.05, 3.63) is 74.8 Å². The topological polar surface area (TPSA) is 70.6 Å². The number of aliphatic hydroxyl groups excluding tert-OH is 1. The van der Waals surface area contributed by atoms with E-state index in [1.807, 2.05) is 35.2 Å². The Morgan fingerprint density at radius 1 is 1.17 bits per heavy atom. The maximum atomic E-state index is 12.1. The van der Waals surface area contributed by atoms with Gasteiger partial charge in [-0.15, -0.1) is 0 Å². The molecule has 2 heterocycles. The maximum absolute atomic E-state index is 12.1. The molecule has 1 aliphatic rings. The Hall–Kier alpha value is -2.54. The van der Waals surface area contributed by atoms with E-state index in [2.05, 4.69) is 19.9 Å². The number of hydrogen-bond donors (Lipinski definition) is 2. The van der Waals surface area contributed by atoms with Crippen LogP contribution in [-0.2, 0) is 20.1 Å². The quantitative estimate of drug-likeness (QED) is 0.687. The fourth-order valence-corrected chi connectivity index (χ4v) is 4.20. The Kier molecular flexibility index (Phi) is 5.02. The smallest absolute Gasteiger partial charge is 0.331 e. The van der Waals surface area contributed by atoms with Crippen LogP contribution in [0.2, 0.25) is 5.02 Å². The summed E-state index contributed by atoms with van der Waals surface area (Å²) in [5, 5.41) is 20.8. The van der Waals surface area contributed by atoms with Gasteiger partial charge >= 0.3 is 5.69 Å². The average Bonchev–Trinajstić information content (AvgIpc) is 3.14. The van der Waals surface area contributed by atoms with Crippen molar-refractivity contribution < 1.29 is 10.2 Å². The Morgan fingerprint density at radius 2 is 1.86 bits per heavy atom. The van der Waals surface area contributed by atoms with Gasteiger partial charge in [0.05, 0.1) is 12.7 Å².